The number of benzene rings is 2. The molecule has 172 valence electrons. The van der Waals surface area contributed by atoms with Crippen LogP contribution in [0.15, 0.2) is 42.5 Å². The van der Waals surface area contributed by atoms with Crippen molar-refractivity contribution in [2.45, 2.75) is 5.75 Å². The summed E-state index contributed by atoms with van der Waals surface area (Å²) >= 11 is 0. The number of nitrogens with one attached hydrogen (secondary N) is 1. The van der Waals surface area contributed by atoms with Crippen molar-refractivity contribution in [1.29, 1.82) is 0 Å². The molecule has 0 atom stereocenters. The van der Waals surface area contributed by atoms with Gasteiger partial charge in [-0.3, -0.25) is 4.79 Å². The van der Waals surface area contributed by atoms with Crippen molar-refractivity contribution in [3.05, 3.63) is 53.6 Å². The van der Waals surface area contributed by atoms with Crippen molar-refractivity contribution in [3.63, 3.8) is 0 Å². The largest absolute Gasteiger partial charge is 0.378 e. The second-order valence-corrected chi connectivity index (χ2v) is 10.3. The van der Waals surface area contributed by atoms with Gasteiger partial charge in [-0.05, 0) is 35.9 Å². The molecule has 0 aromatic heterocycles. The summed E-state index contributed by atoms with van der Waals surface area (Å²) in [4.78, 5) is 17.5. The Kier molecular flexibility index (Phi) is 6.98. The third-order valence-electron chi connectivity index (χ3n) is 5.58. The fraction of sp³-hybridized carbons (Fsp3) is 0.435. The lowest BCUT2D eigenvalue weighted by molar-refractivity contribution is 0.102. The minimum absolute atomic E-state index is 0.0958. The molecule has 8 nitrogen and oxygen atoms in total. The summed E-state index contributed by atoms with van der Waals surface area (Å²) < 4.78 is 34.2. The molecular weight excluding hydrogens is 430 g/mol. The fourth-order valence-electron chi connectivity index (χ4n) is 4.01. The van der Waals surface area contributed by atoms with Crippen LogP contribution < -0.4 is 15.1 Å². The highest BCUT2D eigenvalue weighted by atomic mass is 32.2. The van der Waals surface area contributed by atoms with E-state index < -0.39 is 9.84 Å². The van der Waals surface area contributed by atoms with Gasteiger partial charge in [0.2, 0.25) is 0 Å². The van der Waals surface area contributed by atoms with E-state index in [1.54, 1.807) is 24.3 Å². The van der Waals surface area contributed by atoms with Crippen LogP contribution in [0.2, 0.25) is 0 Å². The lowest BCUT2D eigenvalue weighted by atomic mass is 10.1. The maximum Gasteiger partial charge on any atom is 0.255 e. The van der Waals surface area contributed by atoms with Crippen LogP contribution in [0.1, 0.15) is 15.9 Å². The Morgan fingerprint density at radius 2 is 1.59 bits per heavy atom. The van der Waals surface area contributed by atoms with Gasteiger partial charge in [0.25, 0.3) is 5.91 Å². The molecule has 2 fully saturated rings. The summed E-state index contributed by atoms with van der Waals surface area (Å²) in [6.45, 7) is 5.86. The van der Waals surface area contributed by atoms with Crippen LogP contribution in [0.4, 0.5) is 17.1 Å². The molecule has 1 N–H and O–H groups in total. The van der Waals surface area contributed by atoms with Crippen LogP contribution in [-0.2, 0) is 25.1 Å². The molecule has 9 heteroatoms. The molecule has 2 aliphatic rings. The molecule has 4 rings (SSSR count). The number of hydrogen-bond donors (Lipinski definition) is 1. The molecule has 0 saturated carbocycles. The van der Waals surface area contributed by atoms with Crippen LogP contribution in [-0.4, -0.2) is 73.2 Å². The molecular formula is C23H29N3O5S. The van der Waals surface area contributed by atoms with E-state index in [9.17, 15) is 13.2 Å². The predicted octanol–water partition coefficient (Wildman–Crippen LogP) is 2.16. The first-order chi connectivity index (χ1) is 15.4. The van der Waals surface area contributed by atoms with E-state index in [-0.39, 0.29) is 11.7 Å². The van der Waals surface area contributed by atoms with Gasteiger partial charge in [-0.15, -0.1) is 0 Å². The molecule has 2 aromatic rings. The van der Waals surface area contributed by atoms with Gasteiger partial charge in [0.15, 0.2) is 9.84 Å². The molecule has 0 bridgehead atoms. The standard InChI is InChI=1S/C23H29N3O5S/c1-32(28,29)17-18-3-2-4-19(15-18)23(27)24-21-6-5-20(25-7-11-30-12-8-25)16-22(21)26-9-13-31-14-10-26/h2-6,15-16H,7-14,17H2,1H3,(H,24,27). The summed E-state index contributed by atoms with van der Waals surface area (Å²) in [5.41, 5.74) is 3.80. The number of sulfone groups is 1. The van der Waals surface area contributed by atoms with E-state index in [4.69, 9.17) is 9.47 Å². The quantitative estimate of drug-likeness (QED) is 0.708. The number of carbonyl (C=O) groups excluding carboxylic acids is 1. The van der Waals surface area contributed by atoms with Crippen LogP contribution in [0.3, 0.4) is 0 Å². The molecule has 2 aliphatic heterocycles. The van der Waals surface area contributed by atoms with E-state index in [1.165, 1.54) is 6.26 Å². The van der Waals surface area contributed by atoms with Crippen LogP contribution >= 0.6 is 0 Å². The normalized spacial score (nSPS) is 17.3. The van der Waals surface area contributed by atoms with E-state index in [2.05, 4.69) is 21.2 Å². The van der Waals surface area contributed by atoms with Gasteiger partial charge in [0.05, 0.1) is 43.6 Å². The Balaban J connectivity index is 1.59. The molecule has 2 heterocycles. The van der Waals surface area contributed by atoms with E-state index in [0.717, 1.165) is 43.2 Å². The fourth-order valence-corrected chi connectivity index (χ4v) is 4.79. The monoisotopic (exact) mass is 459 g/mol. The van der Waals surface area contributed by atoms with Crippen molar-refractivity contribution in [1.82, 2.24) is 0 Å². The number of carbonyl (C=O) groups is 1. The summed E-state index contributed by atoms with van der Waals surface area (Å²) in [7, 11) is -3.18. The maximum absolute atomic E-state index is 13.0. The summed E-state index contributed by atoms with van der Waals surface area (Å²) in [6, 6.07) is 12.8. The molecule has 2 aromatic carbocycles. The van der Waals surface area contributed by atoms with E-state index >= 15 is 0 Å². The van der Waals surface area contributed by atoms with Crippen LogP contribution in [0, 0.1) is 0 Å². The first-order valence-corrected chi connectivity index (χ1v) is 12.8. The maximum atomic E-state index is 13.0. The van der Waals surface area contributed by atoms with Gasteiger partial charge in [-0.1, -0.05) is 12.1 Å². The van der Waals surface area contributed by atoms with Crippen molar-refractivity contribution >= 4 is 32.8 Å². The second-order valence-electron chi connectivity index (χ2n) is 8.12. The van der Waals surface area contributed by atoms with Crippen molar-refractivity contribution < 1.29 is 22.7 Å². The van der Waals surface area contributed by atoms with Gasteiger partial charge in [0.1, 0.15) is 0 Å². The average Bonchev–Trinajstić information content (AvgIpc) is 2.79. The number of anilines is 3. The van der Waals surface area contributed by atoms with Gasteiger partial charge < -0.3 is 24.6 Å². The van der Waals surface area contributed by atoms with Gasteiger partial charge in [0, 0.05) is 43.7 Å². The molecule has 0 radical (unpaired) electrons. The molecule has 0 spiro atoms. The molecule has 32 heavy (non-hydrogen) atoms. The zero-order valence-corrected chi connectivity index (χ0v) is 19.1. The van der Waals surface area contributed by atoms with Gasteiger partial charge >= 0.3 is 0 Å². The second kappa shape index (κ2) is 9.89. The Labute approximate surface area is 189 Å². The number of rotatable bonds is 6. The van der Waals surface area contributed by atoms with Crippen LogP contribution in [0.25, 0.3) is 0 Å². The van der Waals surface area contributed by atoms with Gasteiger partial charge in [-0.2, -0.15) is 0 Å². The lowest BCUT2D eigenvalue weighted by Gasteiger charge is -2.33. The van der Waals surface area contributed by atoms with Crippen molar-refractivity contribution in [3.8, 4) is 0 Å². The topological polar surface area (TPSA) is 88.2 Å². The Morgan fingerprint density at radius 3 is 2.25 bits per heavy atom. The highest BCUT2D eigenvalue weighted by Gasteiger charge is 2.20. The number of nitrogens with zero attached hydrogens (tertiary/aromatic N) is 2. The molecule has 0 aliphatic carbocycles. The van der Waals surface area contributed by atoms with Crippen molar-refractivity contribution in [2.24, 2.45) is 0 Å². The molecule has 1 amide bonds. The van der Waals surface area contributed by atoms with Crippen molar-refractivity contribution in [2.75, 3.05) is 74.0 Å². The number of ether oxygens (including phenoxy) is 2. The Morgan fingerprint density at radius 1 is 0.938 bits per heavy atom. The third-order valence-corrected chi connectivity index (χ3v) is 6.43. The summed E-state index contributed by atoms with van der Waals surface area (Å²) in [5, 5.41) is 3.03. The smallest absolute Gasteiger partial charge is 0.255 e. The first kappa shape index (κ1) is 22.6. The number of morpholine rings is 2. The van der Waals surface area contributed by atoms with Crippen LogP contribution in [0.5, 0.6) is 0 Å². The SMILES string of the molecule is CS(=O)(=O)Cc1cccc(C(=O)Nc2ccc(N3CCOCC3)cc2N2CCOCC2)c1. The highest BCUT2D eigenvalue weighted by molar-refractivity contribution is 7.89. The Bertz CT molecular complexity index is 1060. The lowest BCUT2D eigenvalue weighted by Crippen LogP contribution is -2.38. The summed E-state index contributed by atoms with van der Waals surface area (Å²) in [6.07, 6.45) is 1.18. The van der Waals surface area contributed by atoms with E-state index in [0.29, 0.717) is 37.6 Å². The minimum Gasteiger partial charge on any atom is -0.378 e. The van der Waals surface area contributed by atoms with E-state index in [1.807, 2.05) is 12.1 Å². The number of hydrogen-bond acceptors (Lipinski definition) is 7. The third kappa shape index (κ3) is 5.79. The average molecular weight is 460 g/mol. The zero-order valence-electron chi connectivity index (χ0n) is 18.2. The Hall–Kier alpha value is -2.62. The zero-order chi connectivity index (χ0) is 22.6. The molecule has 0 unspecified atom stereocenters. The summed E-state index contributed by atoms with van der Waals surface area (Å²) in [5.74, 6) is -0.365. The molecule has 2 saturated heterocycles. The minimum atomic E-state index is -3.18. The number of amides is 1. The highest BCUT2D eigenvalue weighted by Crippen LogP contribution is 2.32. The predicted molar refractivity (Wildman–Crippen MR) is 125 cm³/mol. The van der Waals surface area contributed by atoms with Gasteiger partial charge in [-0.25, -0.2) is 8.42 Å². The first-order valence-electron chi connectivity index (χ1n) is 10.8.